The van der Waals surface area contributed by atoms with Crippen molar-refractivity contribution in [2.75, 3.05) is 26.4 Å². The summed E-state index contributed by atoms with van der Waals surface area (Å²) in [6.07, 6.45) is 3.79. The Kier molecular flexibility index (Phi) is 11.1. The van der Waals surface area contributed by atoms with Crippen LogP contribution in [0.4, 0.5) is 0 Å². The maximum absolute atomic E-state index is 9.59. The van der Waals surface area contributed by atoms with Gasteiger partial charge in [-0.25, -0.2) is 0 Å². The largest absolute Gasteiger partial charge is 0.392 e. The fraction of sp³-hybridized carbons (Fsp3) is 0.241. The highest BCUT2D eigenvalue weighted by Crippen LogP contribution is 2.15. The number of aliphatic hydroxyl groups excluding tert-OH is 1. The van der Waals surface area contributed by atoms with Gasteiger partial charge < -0.3 is 19.3 Å². The number of rotatable bonds is 14. The lowest BCUT2D eigenvalue weighted by atomic mass is 10.1. The minimum Gasteiger partial charge on any atom is -0.392 e. The van der Waals surface area contributed by atoms with Gasteiger partial charge in [-0.15, -0.1) is 0 Å². The van der Waals surface area contributed by atoms with Gasteiger partial charge in [0.15, 0.2) is 0 Å². The molecule has 172 valence electrons. The zero-order valence-corrected chi connectivity index (χ0v) is 18.9. The molecular formula is C29H32O4. The molecule has 0 bridgehead atoms. The number of benzene rings is 3. The SMILES string of the molecule is OC/C=C(COCc1ccccc1)\C(=C\COCc1ccccc1)COCc1ccccc1. The van der Waals surface area contributed by atoms with Gasteiger partial charge in [-0.3, -0.25) is 0 Å². The molecule has 1 N–H and O–H groups in total. The van der Waals surface area contributed by atoms with E-state index in [1.54, 1.807) is 6.08 Å². The summed E-state index contributed by atoms with van der Waals surface area (Å²) in [4.78, 5) is 0. The molecule has 0 radical (unpaired) electrons. The van der Waals surface area contributed by atoms with Crippen LogP contribution in [0.25, 0.3) is 0 Å². The molecule has 0 heterocycles. The zero-order valence-electron chi connectivity index (χ0n) is 18.9. The molecule has 4 heteroatoms. The molecule has 0 atom stereocenters. The van der Waals surface area contributed by atoms with Crippen molar-refractivity contribution in [2.24, 2.45) is 0 Å². The van der Waals surface area contributed by atoms with E-state index >= 15 is 0 Å². The Balaban J connectivity index is 1.60. The third-order valence-corrected chi connectivity index (χ3v) is 5.05. The van der Waals surface area contributed by atoms with Crippen LogP contribution < -0.4 is 0 Å². The Morgan fingerprint density at radius 3 is 1.36 bits per heavy atom. The first kappa shape index (κ1) is 24.6. The van der Waals surface area contributed by atoms with Gasteiger partial charge in [0, 0.05) is 0 Å². The highest BCUT2D eigenvalue weighted by molar-refractivity contribution is 5.32. The maximum Gasteiger partial charge on any atom is 0.0722 e. The summed E-state index contributed by atoms with van der Waals surface area (Å²) in [5.41, 5.74) is 5.22. The first-order valence-electron chi connectivity index (χ1n) is 11.2. The number of hydrogen-bond donors (Lipinski definition) is 1. The molecule has 3 rings (SSSR count). The first-order chi connectivity index (χ1) is 16.3. The molecule has 0 aliphatic carbocycles. The van der Waals surface area contributed by atoms with E-state index in [9.17, 15) is 5.11 Å². The minimum atomic E-state index is -0.0646. The topological polar surface area (TPSA) is 47.9 Å². The summed E-state index contributed by atoms with van der Waals surface area (Å²) in [6.45, 7) is 2.73. The fourth-order valence-electron chi connectivity index (χ4n) is 3.29. The molecule has 3 aromatic carbocycles. The highest BCUT2D eigenvalue weighted by Gasteiger charge is 2.08. The lowest BCUT2D eigenvalue weighted by Crippen LogP contribution is -2.09. The quantitative estimate of drug-likeness (QED) is 0.264. The molecule has 0 spiro atoms. The van der Waals surface area contributed by atoms with E-state index in [-0.39, 0.29) is 6.61 Å². The number of hydrogen-bond acceptors (Lipinski definition) is 4. The van der Waals surface area contributed by atoms with Crippen molar-refractivity contribution in [3.63, 3.8) is 0 Å². The summed E-state index contributed by atoms with van der Waals surface area (Å²) in [7, 11) is 0. The normalized spacial score (nSPS) is 12.2. The van der Waals surface area contributed by atoms with E-state index in [2.05, 4.69) is 0 Å². The monoisotopic (exact) mass is 444 g/mol. The molecule has 0 aliphatic heterocycles. The third-order valence-electron chi connectivity index (χ3n) is 5.05. The molecule has 33 heavy (non-hydrogen) atoms. The molecule has 0 aliphatic rings. The molecule has 0 saturated carbocycles. The van der Waals surface area contributed by atoms with Crippen molar-refractivity contribution in [1.29, 1.82) is 0 Å². The van der Waals surface area contributed by atoms with Crippen molar-refractivity contribution in [2.45, 2.75) is 19.8 Å². The Morgan fingerprint density at radius 2 is 0.939 bits per heavy atom. The van der Waals surface area contributed by atoms with Crippen LogP contribution >= 0.6 is 0 Å². The average molecular weight is 445 g/mol. The van der Waals surface area contributed by atoms with Gasteiger partial charge in [0.2, 0.25) is 0 Å². The Hall–Kier alpha value is -3.02. The van der Waals surface area contributed by atoms with Crippen molar-refractivity contribution >= 4 is 0 Å². The second kappa shape index (κ2) is 14.9. The lowest BCUT2D eigenvalue weighted by Gasteiger charge is -2.15. The van der Waals surface area contributed by atoms with Crippen LogP contribution in [-0.4, -0.2) is 31.5 Å². The predicted molar refractivity (Wildman–Crippen MR) is 132 cm³/mol. The lowest BCUT2D eigenvalue weighted by molar-refractivity contribution is 0.126. The summed E-state index contributed by atoms with van der Waals surface area (Å²) in [6, 6.07) is 30.2. The Morgan fingerprint density at radius 1 is 0.545 bits per heavy atom. The van der Waals surface area contributed by atoms with E-state index in [1.807, 2.05) is 97.1 Å². The van der Waals surface area contributed by atoms with Crippen LogP contribution in [0.15, 0.2) is 114 Å². The van der Waals surface area contributed by atoms with Crippen LogP contribution in [0.3, 0.4) is 0 Å². The van der Waals surface area contributed by atoms with Crippen LogP contribution in [0.1, 0.15) is 16.7 Å². The predicted octanol–water partition coefficient (Wildman–Crippen LogP) is 5.48. The molecule has 4 nitrogen and oxygen atoms in total. The van der Waals surface area contributed by atoms with Crippen LogP contribution in [0, 0.1) is 0 Å². The molecule has 0 fully saturated rings. The fourth-order valence-corrected chi connectivity index (χ4v) is 3.29. The number of aliphatic hydroxyl groups is 1. The zero-order chi connectivity index (χ0) is 23.0. The average Bonchev–Trinajstić information content (AvgIpc) is 2.87. The number of ether oxygens (including phenoxy) is 3. The van der Waals surface area contributed by atoms with Crippen LogP contribution in [-0.2, 0) is 34.0 Å². The van der Waals surface area contributed by atoms with E-state index < -0.39 is 0 Å². The van der Waals surface area contributed by atoms with E-state index in [0.717, 1.165) is 27.8 Å². The van der Waals surface area contributed by atoms with E-state index in [1.165, 1.54) is 0 Å². The molecule has 0 saturated heterocycles. The van der Waals surface area contributed by atoms with E-state index in [4.69, 9.17) is 14.2 Å². The Bertz CT molecular complexity index is 966. The maximum atomic E-state index is 9.59. The van der Waals surface area contributed by atoms with Crippen LogP contribution in [0.5, 0.6) is 0 Å². The minimum absolute atomic E-state index is 0.0646. The molecule has 0 unspecified atom stereocenters. The highest BCUT2D eigenvalue weighted by atomic mass is 16.5. The summed E-state index contributed by atoms with van der Waals surface area (Å²) in [5.74, 6) is 0. The van der Waals surface area contributed by atoms with Gasteiger partial charge >= 0.3 is 0 Å². The molecule has 3 aromatic rings. The molecular weight excluding hydrogens is 412 g/mol. The smallest absolute Gasteiger partial charge is 0.0722 e. The standard InChI is InChI=1S/C29H32O4/c30-18-16-28(23-32-21-26-12-6-2-7-13-26)29(24-33-22-27-14-8-3-9-15-27)17-19-31-20-25-10-4-1-5-11-25/h1-17,30H,18-24H2/b28-16-,29-17+. The van der Waals surface area contributed by atoms with Crippen molar-refractivity contribution in [3.05, 3.63) is 131 Å². The first-order valence-corrected chi connectivity index (χ1v) is 11.2. The van der Waals surface area contributed by atoms with Crippen LogP contribution in [0.2, 0.25) is 0 Å². The van der Waals surface area contributed by atoms with Gasteiger partial charge in [-0.05, 0) is 27.8 Å². The summed E-state index contributed by atoms with van der Waals surface area (Å²) < 4.78 is 17.8. The summed E-state index contributed by atoms with van der Waals surface area (Å²) in [5, 5.41) is 9.59. The van der Waals surface area contributed by atoms with Crippen molar-refractivity contribution in [1.82, 2.24) is 0 Å². The van der Waals surface area contributed by atoms with Gasteiger partial charge in [0.05, 0.1) is 46.2 Å². The second-order valence-electron chi connectivity index (χ2n) is 7.60. The van der Waals surface area contributed by atoms with Crippen molar-refractivity contribution < 1.29 is 19.3 Å². The Labute approximate surface area is 196 Å². The van der Waals surface area contributed by atoms with Gasteiger partial charge in [0.1, 0.15) is 0 Å². The van der Waals surface area contributed by atoms with E-state index in [0.29, 0.717) is 39.6 Å². The van der Waals surface area contributed by atoms with Crippen molar-refractivity contribution in [3.8, 4) is 0 Å². The van der Waals surface area contributed by atoms with Gasteiger partial charge in [0.25, 0.3) is 0 Å². The summed E-state index contributed by atoms with van der Waals surface area (Å²) >= 11 is 0. The third kappa shape index (κ3) is 9.56. The molecule has 0 amide bonds. The van der Waals surface area contributed by atoms with Gasteiger partial charge in [-0.1, -0.05) is 103 Å². The van der Waals surface area contributed by atoms with Gasteiger partial charge in [-0.2, -0.15) is 0 Å². The molecule has 0 aromatic heterocycles. The second-order valence-corrected chi connectivity index (χ2v) is 7.60.